The van der Waals surface area contributed by atoms with Crippen LogP contribution in [0.5, 0.6) is 0 Å². The van der Waals surface area contributed by atoms with Crippen molar-refractivity contribution in [1.29, 1.82) is 0 Å². The Balaban J connectivity index is 0.000000908. The summed E-state index contributed by atoms with van der Waals surface area (Å²) in [5.74, 6) is -2.55. The summed E-state index contributed by atoms with van der Waals surface area (Å²) in [4.78, 5) is 35.3. The fourth-order valence-corrected chi connectivity index (χ4v) is 3.91. The average Bonchev–Trinajstić information content (AvgIpc) is 3.09. The van der Waals surface area contributed by atoms with E-state index in [1.165, 1.54) is 0 Å². The number of aliphatic hydroxyl groups excluding tert-OH is 2. The van der Waals surface area contributed by atoms with Crippen LogP contribution in [-0.2, 0) is 14.4 Å². The number of allylic oxidation sites excluding steroid dienone is 3. The molecule has 1 rings (SSSR count). The lowest BCUT2D eigenvalue weighted by molar-refractivity contribution is -0.466. The number of aliphatic hydroxyl groups is 2. The van der Waals surface area contributed by atoms with Gasteiger partial charge < -0.3 is 35.7 Å². The largest absolute Gasteiger partial charge is 0.550 e. The van der Waals surface area contributed by atoms with Crippen molar-refractivity contribution >= 4 is 23.7 Å². The van der Waals surface area contributed by atoms with Crippen LogP contribution in [0, 0.1) is 11.8 Å². The zero-order valence-electron chi connectivity index (χ0n) is 22.0. The Kier molecular flexibility index (Phi) is 18.8. The third-order valence-corrected chi connectivity index (χ3v) is 6.10. The molecule has 1 aliphatic rings. The van der Waals surface area contributed by atoms with E-state index < -0.39 is 30.2 Å². The minimum Gasteiger partial charge on any atom is -0.550 e. The zero-order chi connectivity index (χ0) is 28.2. The number of ketones is 1. The number of carbonyl (C=O) groups is 3. The number of hydrogen-bond acceptors (Lipinski definition) is 7. The van der Waals surface area contributed by atoms with Gasteiger partial charge >= 0.3 is 5.96 Å². The SMILES string of the molecule is CCCCC[C@H](O)/C=C/[C@H]1C(=O)C[C@H](O)C1C/C=C\CCCC(=O)[O-].NC(N)=[NH+]CCC[C@H]([NH3+])C(=O)[O-]. The van der Waals surface area contributed by atoms with Gasteiger partial charge in [0.1, 0.15) is 11.8 Å². The monoisotopic (exact) mass is 526 g/mol. The summed E-state index contributed by atoms with van der Waals surface area (Å²) in [7, 11) is 0. The lowest BCUT2D eigenvalue weighted by atomic mass is 9.90. The zero-order valence-corrected chi connectivity index (χ0v) is 22.0. The van der Waals surface area contributed by atoms with E-state index in [4.69, 9.17) is 11.5 Å². The van der Waals surface area contributed by atoms with Gasteiger partial charge in [0.05, 0.1) is 24.7 Å². The molecule has 11 nitrogen and oxygen atoms in total. The molecule has 10 N–H and O–H groups in total. The molecule has 0 aromatic heterocycles. The summed E-state index contributed by atoms with van der Waals surface area (Å²) < 4.78 is 0. The second-order valence-electron chi connectivity index (χ2n) is 9.39. The number of rotatable bonds is 17. The Morgan fingerprint density at radius 2 is 1.86 bits per heavy atom. The van der Waals surface area contributed by atoms with Crippen molar-refractivity contribution < 1.29 is 45.5 Å². The van der Waals surface area contributed by atoms with Crippen molar-refractivity contribution in [2.45, 2.75) is 95.8 Å². The molecule has 1 fully saturated rings. The van der Waals surface area contributed by atoms with Crippen molar-refractivity contribution in [2.75, 3.05) is 6.54 Å². The Hall–Kier alpha value is -2.76. The molecule has 11 heteroatoms. The number of carboxylic acids is 2. The number of unbranched alkanes of at least 4 members (excludes halogenated alkanes) is 3. The predicted molar refractivity (Wildman–Crippen MR) is 135 cm³/mol. The molecular formula is C26H46N4O7. The topological polar surface area (TPSA) is 231 Å². The smallest absolute Gasteiger partial charge is 0.338 e. The summed E-state index contributed by atoms with van der Waals surface area (Å²) >= 11 is 0. The van der Waals surface area contributed by atoms with Gasteiger partial charge in [-0.1, -0.05) is 50.5 Å². The third-order valence-electron chi connectivity index (χ3n) is 6.10. The predicted octanol–water partition coefficient (Wildman–Crippen LogP) is -3.60. The number of Topliss-reactive ketones (excluding diaryl/α,β-unsaturated/α-hetero) is 1. The highest BCUT2D eigenvalue weighted by molar-refractivity contribution is 5.86. The summed E-state index contributed by atoms with van der Waals surface area (Å²) in [6.07, 6.45) is 12.9. The van der Waals surface area contributed by atoms with Gasteiger partial charge in [-0.15, -0.1) is 0 Å². The first-order chi connectivity index (χ1) is 17.5. The number of nitrogens with two attached hydrogens (primary N) is 2. The van der Waals surface area contributed by atoms with Gasteiger partial charge in [-0.25, -0.2) is 0 Å². The molecule has 37 heavy (non-hydrogen) atoms. The van der Waals surface area contributed by atoms with Crippen LogP contribution in [0.25, 0.3) is 0 Å². The van der Waals surface area contributed by atoms with Crippen LogP contribution < -0.4 is 32.4 Å². The first-order valence-electron chi connectivity index (χ1n) is 13.1. The van der Waals surface area contributed by atoms with E-state index in [0.29, 0.717) is 45.1 Å². The fraction of sp³-hybridized carbons (Fsp3) is 0.692. The maximum Gasteiger partial charge on any atom is 0.338 e. The molecule has 1 unspecified atom stereocenters. The Morgan fingerprint density at radius 3 is 2.46 bits per heavy atom. The minimum absolute atomic E-state index is 0.0138. The molecule has 0 aromatic rings. The third kappa shape index (κ3) is 17.4. The van der Waals surface area contributed by atoms with Crippen LogP contribution in [0.1, 0.15) is 77.6 Å². The molecule has 0 radical (unpaired) electrons. The Labute approximate surface area is 219 Å². The molecule has 0 saturated heterocycles. The lowest BCUT2D eigenvalue weighted by Gasteiger charge is -2.17. The van der Waals surface area contributed by atoms with Crippen LogP contribution in [0.2, 0.25) is 0 Å². The average molecular weight is 527 g/mol. The van der Waals surface area contributed by atoms with Crippen molar-refractivity contribution in [1.82, 2.24) is 0 Å². The van der Waals surface area contributed by atoms with Crippen LogP contribution in [-0.4, -0.2) is 58.7 Å². The molecule has 5 atom stereocenters. The Bertz CT molecular complexity index is 766. The summed E-state index contributed by atoms with van der Waals surface area (Å²) in [5.41, 5.74) is 13.6. The standard InChI is InChI=1S/C20H32O5.C6H14N4O2/c1-2-3-6-9-15(21)12-13-17-16(18(22)14-19(17)23)10-7-4-5-8-11-20(24)25;7-4(5(11)12)2-1-3-10-6(8)9/h4,7,12-13,15-18,21-22H,2-3,5-6,8-11,14H2,1H3,(H,24,25);4H,1-3,7H2,(H,11,12)(H4,8,9,10)/b7-4-,13-12+;/t15-,16?,17+,18-;4-/m00/s1. The first kappa shape index (κ1) is 34.2. The molecule has 1 saturated carbocycles. The number of carboxylic acid groups (broad SMARTS) is 2. The fourth-order valence-electron chi connectivity index (χ4n) is 3.91. The molecule has 212 valence electrons. The van der Waals surface area contributed by atoms with Gasteiger partial charge in [0.15, 0.2) is 0 Å². The molecule has 0 heterocycles. The summed E-state index contributed by atoms with van der Waals surface area (Å²) in [6, 6.07) is -0.661. The quantitative estimate of drug-likeness (QED) is 0.0475. The Morgan fingerprint density at radius 1 is 1.16 bits per heavy atom. The normalized spacial score (nSPS) is 21.0. The number of aliphatic carboxylic acids is 2. The molecule has 0 amide bonds. The van der Waals surface area contributed by atoms with Gasteiger partial charge in [0, 0.05) is 30.6 Å². The highest BCUT2D eigenvalue weighted by atomic mass is 16.4. The van der Waals surface area contributed by atoms with Crippen molar-refractivity contribution in [3.8, 4) is 0 Å². The van der Waals surface area contributed by atoms with Crippen LogP contribution in [0.3, 0.4) is 0 Å². The second kappa shape index (κ2) is 20.3. The van der Waals surface area contributed by atoms with E-state index in [0.717, 1.165) is 19.3 Å². The van der Waals surface area contributed by atoms with Gasteiger partial charge in [0.2, 0.25) is 0 Å². The maximum atomic E-state index is 12.1. The number of guanidine groups is 1. The van der Waals surface area contributed by atoms with Gasteiger partial charge in [-0.3, -0.25) is 21.3 Å². The highest BCUT2D eigenvalue weighted by Crippen LogP contribution is 2.33. The minimum atomic E-state index is -1.13. The second-order valence-corrected chi connectivity index (χ2v) is 9.39. The van der Waals surface area contributed by atoms with E-state index in [-0.39, 0.29) is 36.4 Å². The van der Waals surface area contributed by atoms with E-state index in [2.05, 4.69) is 17.6 Å². The number of quaternary nitrogens is 1. The molecular weight excluding hydrogens is 480 g/mol. The molecule has 0 spiro atoms. The summed E-state index contributed by atoms with van der Waals surface area (Å²) in [5, 5.41) is 40.6. The number of carbonyl (C=O) groups excluding carboxylic acids is 3. The first-order valence-corrected chi connectivity index (χ1v) is 13.1. The van der Waals surface area contributed by atoms with Gasteiger partial charge in [-0.05, 0) is 38.5 Å². The molecule has 0 aromatic carbocycles. The van der Waals surface area contributed by atoms with Crippen molar-refractivity contribution in [2.24, 2.45) is 23.3 Å². The van der Waals surface area contributed by atoms with Crippen molar-refractivity contribution in [3.63, 3.8) is 0 Å². The number of nitrogens with one attached hydrogen (secondary N) is 1. The molecule has 0 aliphatic heterocycles. The summed E-state index contributed by atoms with van der Waals surface area (Å²) in [6.45, 7) is 2.67. The van der Waals surface area contributed by atoms with Crippen LogP contribution >= 0.6 is 0 Å². The molecule has 0 bridgehead atoms. The van der Waals surface area contributed by atoms with E-state index in [1.54, 1.807) is 12.2 Å². The van der Waals surface area contributed by atoms with Crippen LogP contribution in [0.15, 0.2) is 24.3 Å². The van der Waals surface area contributed by atoms with Gasteiger partial charge in [0.25, 0.3) is 0 Å². The highest BCUT2D eigenvalue weighted by Gasteiger charge is 2.39. The van der Waals surface area contributed by atoms with E-state index in [1.807, 2.05) is 12.2 Å². The van der Waals surface area contributed by atoms with E-state index >= 15 is 0 Å². The van der Waals surface area contributed by atoms with Gasteiger partial charge in [-0.2, -0.15) is 0 Å². The van der Waals surface area contributed by atoms with Crippen molar-refractivity contribution in [3.05, 3.63) is 24.3 Å². The number of hydrogen-bond donors (Lipinski definition) is 6. The van der Waals surface area contributed by atoms with E-state index in [9.17, 15) is 34.8 Å². The molecule has 1 aliphatic carbocycles. The maximum absolute atomic E-state index is 12.1. The lowest BCUT2D eigenvalue weighted by Crippen LogP contribution is -2.78. The van der Waals surface area contributed by atoms with Crippen LogP contribution in [0.4, 0.5) is 0 Å².